The molecule has 1 heterocycles. The fraction of sp³-hybridized carbons (Fsp3) is 0.286. The fourth-order valence-electron chi connectivity index (χ4n) is 2.21. The maximum absolute atomic E-state index is 12.2. The van der Waals surface area contributed by atoms with Crippen molar-refractivity contribution in [1.29, 1.82) is 0 Å². The Morgan fingerprint density at radius 3 is 2.75 bits per heavy atom. The van der Waals surface area contributed by atoms with Gasteiger partial charge in [-0.15, -0.1) is 0 Å². The van der Waals surface area contributed by atoms with Crippen LogP contribution in [0.25, 0.3) is 10.8 Å². The van der Waals surface area contributed by atoms with Gasteiger partial charge in [0.25, 0.3) is 0 Å². The Morgan fingerprint density at radius 2 is 2.00 bits per heavy atom. The van der Waals surface area contributed by atoms with Crippen molar-refractivity contribution in [3.8, 4) is 0 Å². The molecule has 1 unspecified atom stereocenters. The second-order valence-electron chi connectivity index (χ2n) is 4.75. The van der Waals surface area contributed by atoms with Gasteiger partial charge in [0.15, 0.2) is 0 Å². The first-order chi connectivity index (χ1) is 9.65. The summed E-state index contributed by atoms with van der Waals surface area (Å²) in [5.74, 6) is 0. The van der Waals surface area contributed by atoms with Crippen LogP contribution < -0.4 is 10.0 Å². The molecule has 20 heavy (non-hydrogen) atoms. The number of fused-ring (bicyclic) bond motifs is 1. The van der Waals surface area contributed by atoms with Gasteiger partial charge in [-0.2, -0.15) is 0 Å². The lowest BCUT2D eigenvalue weighted by atomic mass is 10.1. The van der Waals surface area contributed by atoms with Crippen molar-refractivity contribution in [2.75, 3.05) is 19.8 Å². The van der Waals surface area contributed by atoms with Gasteiger partial charge in [-0.3, -0.25) is 5.32 Å². The van der Waals surface area contributed by atoms with E-state index >= 15 is 0 Å². The summed E-state index contributed by atoms with van der Waals surface area (Å²) in [5, 5.41) is 4.95. The highest BCUT2D eigenvalue weighted by molar-refractivity contribution is 7.89. The smallest absolute Gasteiger partial charge is 0.240 e. The predicted octanol–water partition coefficient (Wildman–Crippen LogP) is 1.06. The summed E-state index contributed by atoms with van der Waals surface area (Å²) in [5.41, 5.74) is 0. The molecule has 1 atom stereocenters. The van der Waals surface area contributed by atoms with Crippen molar-refractivity contribution in [3.05, 3.63) is 42.5 Å². The highest BCUT2D eigenvalue weighted by atomic mass is 32.2. The lowest BCUT2D eigenvalue weighted by Gasteiger charge is -2.11. The molecule has 2 aromatic carbocycles. The van der Waals surface area contributed by atoms with Gasteiger partial charge in [-0.25, -0.2) is 13.1 Å². The number of rotatable bonds is 4. The molecule has 1 aliphatic heterocycles. The SMILES string of the molecule is O=S(=O)(NCC1CNCO1)c1ccc2ccccc2c1. The van der Waals surface area contributed by atoms with Gasteiger partial charge in [-0.1, -0.05) is 30.3 Å². The molecule has 3 rings (SSSR count). The van der Waals surface area contributed by atoms with E-state index in [2.05, 4.69) is 10.0 Å². The van der Waals surface area contributed by atoms with Gasteiger partial charge in [0, 0.05) is 13.1 Å². The number of hydrogen-bond acceptors (Lipinski definition) is 4. The monoisotopic (exact) mass is 292 g/mol. The molecule has 5 nitrogen and oxygen atoms in total. The van der Waals surface area contributed by atoms with Crippen LogP contribution in [-0.2, 0) is 14.8 Å². The summed E-state index contributed by atoms with van der Waals surface area (Å²) >= 11 is 0. The highest BCUT2D eigenvalue weighted by Gasteiger charge is 2.20. The van der Waals surface area contributed by atoms with Crippen LogP contribution in [0.3, 0.4) is 0 Å². The highest BCUT2D eigenvalue weighted by Crippen LogP contribution is 2.18. The molecule has 6 heteroatoms. The molecule has 106 valence electrons. The lowest BCUT2D eigenvalue weighted by molar-refractivity contribution is 0.116. The second-order valence-corrected chi connectivity index (χ2v) is 6.51. The van der Waals surface area contributed by atoms with E-state index in [1.54, 1.807) is 12.1 Å². The molecule has 0 saturated carbocycles. The molecule has 0 spiro atoms. The zero-order valence-electron chi connectivity index (χ0n) is 10.9. The van der Waals surface area contributed by atoms with E-state index in [1.807, 2.05) is 30.3 Å². The third-order valence-corrected chi connectivity index (χ3v) is 4.75. The molecule has 2 aromatic rings. The maximum Gasteiger partial charge on any atom is 0.240 e. The molecular weight excluding hydrogens is 276 g/mol. The van der Waals surface area contributed by atoms with Gasteiger partial charge in [-0.05, 0) is 22.9 Å². The van der Waals surface area contributed by atoms with Crippen LogP contribution in [0, 0.1) is 0 Å². The number of sulfonamides is 1. The summed E-state index contributed by atoms with van der Waals surface area (Å²) in [6, 6.07) is 12.8. The summed E-state index contributed by atoms with van der Waals surface area (Å²) in [6.07, 6.45) is -0.106. The average Bonchev–Trinajstić information content (AvgIpc) is 2.98. The lowest BCUT2D eigenvalue weighted by Crippen LogP contribution is -2.33. The van der Waals surface area contributed by atoms with E-state index < -0.39 is 10.0 Å². The Morgan fingerprint density at radius 1 is 1.20 bits per heavy atom. The third kappa shape index (κ3) is 2.83. The number of hydrogen-bond donors (Lipinski definition) is 2. The quantitative estimate of drug-likeness (QED) is 0.884. The van der Waals surface area contributed by atoms with E-state index in [0.29, 0.717) is 13.3 Å². The topological polar surface area (TPSA) is 67.4 Å². The second kappa shape index (κ2) is 5.49. The van der Waals surface area contributed by atoms with E-state index in [9.17, 15) is 8.42 Å². The molecule has 0 radical (unpaired) electrons. The van der Waals surface area contributed by atoms with Crippen LogP contribution in [0.4, 0.5) is 0 Å². The minimum absolute atomic E-state index is 0.106. The fourth-order valence-corrected chi connectivity index (χ4v) is 3.31. The summed E-state index contributed by atoms with van der Waals surface area (Å²) in [7, 11) is -3.50. The Balaban J connectivity index is 1.80. The first kappa shape index (κ1) is 13.5. The average molecular weight is 292 g/mol. The Bertz CT molecular complexity index is 709. The van der Waals surface area contributed by atoms with Crippen molar-refractivity contribution in [2.45, 2.75) is 11.0 Å². The van der Waals surface area contributed by atoms with Crippen LogP contribution >= 0.6 is 0 Å². The van der Waals surface area contributed by atoms with Crippen molar-refractivity contribution >= 4 is 20.8 Å². The molecule has 1 aliphatic rings. The number of ether oxygens (including phenoxy) is 1. The summed E-state index contributed by atoms with van der Waals surface area (Å²) in [6.45, 7) is 1.42. The largest absolute Gasteiger partial charge is 0.360 e. The van der Waals surface area contributed by atoms with Crippen molar-refractivity contribution in [1.82, 2.24) is 10.0 Å². The molecule has 1 fully saturated rings. The van der Waals surface area contributed by atoms with Gasteiger partial charge in [0.05, 0.1) is 17.7 Å². The predicted molar refractivity (Wildman–Crippen MR) is 76.9 cm³/mol. The third-order valence-electron chi connectivity index (χ3n) is 3.33. The van der Waals surface area contributed by atoms with Crippen molar-refractivity contribution < 1.29 is 13.2 Å². The minimum Gasteiger partial charge on any atom is -0.360 e. The van der Waals surface area contributed by atoms with E-state index in [0.717, 1.165) is 10.8 Å². The van der Waals surface area contributed by atoms with Crippen molar-refractivity contribution in [3.63, 3.8) is 0 Å². The zero-order chi connectivity index (χ0) is 14.0. The molecule has 1 saturated heterocycles. The minimum atomic E-state index is -3.50. The van der Waals surface area contributed by atoms with Crippen LogP contribution in [0.1, 0.15) is 0 Å². The van der Waals surface area contributed by atoms with Gasteiger partial charge >= 0.3 is 0 Å². The molecule has 0 amide bonds. The normalized spacial score (nSPS) is 19.5. The standard InChI is InChI=1S/C14H16N2O3S/c17-20(18,16-9-13-8-15-10-19-13)14-6-5-11-3-1-2-4-12(11)7-14/h1-7,13,15-16H,8-10H2. The Kier molecular flexibility index (Phi) is 3.71. The van der Waals surface area contributed by atoms with E-state index in [-0.39, 0.29) is 17.5 Å². The molecule has 0 aliphatic carbocycles. The van der Waals surface area contributed by atoms with Crippen LogP contribution in [0.15, 0.2) is 47.4 Å². The van der Waals surface area contributed by atoms with E-state index in [4.69, 9.17) is 4.74 Å². The summed E-state index contributed by atoms with van der Waals surface area (Å²) in [4.78, 5) is 0.280. The summed E-state index contributed by atoms with van der Waals surface area (Å²) < 4.78 is 32.4. The van der Waals surface area contributed by atoms with Crippen LogP contribution in [0.2, 0.25) is 0 Å². The van der Waals surface area contributed by atoms with Crippen LogP contribution in [0.5, 0.6) is 0 Å². The van der Waals surface area contributed by atoms with Gasteiger partial charge < -0.3 is 4.74 Å². The molecule has 0 aromatic heterocycles. The van der Waals surface area contributed by atoms with Crippen molar-refractivity contribution in [2.24, 2.45) is 0 Å². The first-order valence-electron chi connectivity index (χ1n) is 6.46. The zero-order valence-corrected chi connectivity index (χ0v) is 11.7. The first-order valence-corrected chi connectivity index (χ1v) is 7.94. The number of nitrogens with one attached hydrogen (secondary N) is 2. The maximum atomic E-state index is 12.2. The van der Waals surface area contributed by atoms with E-state index in [1.165, 1.54) is 0 Å². The van der Waals surface area contributed by atoms with Gasteiger partial charge in [0.1, 0.15) is 0 Å². The Labute approximate surface area is 118 Å². The van der Waals surface area contributed by atoms with Gasteiger partial charge in [0.2, 0.25) is 10.0 Å². The van der Waals surface area contributed by atoms with Crippen LogP contribution in [-0.4, -0.2) is 34.3 Å². The molecule has 2 N–H and O–H groups in total. The molecular formula is C14H16N2O3S. The molecule has 0 bridgehead atoms. The Hall–Kier alpha value is -1.47. The number of benzene rings is 2.